The Bertz CT molecular complexity index is 1170. The zero-order valence-electron chi connectivity index (χ0n) is 19.6. The molecule has 0 saturated carbocycles. The Hall–Kier alpha value is -2.40. The van der Waals surface area contributed by atoms with Crippen LogP contribution in [0.5, 0.6) is 0 Å². The molecule has 2 fully saturated rings. The lowest BCUT2D eigenvalue weighted by molar-refractivity contribution is -0.144. The van der Waals surface area contributed by atoms with Gasteiger partial charge in [0.1, 0.15) is 29.1 Å². The number of rotatable bonds is 7. The van der Waals surface area contributed by atoms with E-state index in [0.29, 0.717) is 18.4 Å². The van der Waals surface area contributed by atoms with Crippen LogP contribution in [0, 0.1) is 11.6 Å². The first-order valence-corrected chi connectivity index (χ1v) is 13.2. The average Bonchev–Trinajstić information content (AvgIpc) is 2.83. The predicted octanol–water partition coefficient (Wildman–Crippen LogP) is 3.53. The Morgan fingerprint density at radius 2 is 1.83 bits per heavy atom. The van der Waals surface area contributed by atoms with Crippen LogP contribution in [0.3, 0.4) is 0 Å². The highest BCUT2D eigenvalue weighted by molar-refractivity contribution is 7.89. The van der Waals surface area contributed by atoms with Gasteiger partial charge in [0.05, 0.1) is 0 Å². The average molecular weight is 509 g/mol. The van der Waals surface area contributed by atoms with Gasteiger partial charge >= 0.3 is 0 Å². The van der Waals surface area contributed by atoms with E-state index in [2.05, 4.69) is 0 Å². The minimum Gasteiger partial charge on any atom is -0.381 e. The molecule has 0 aromatic heterocycles. The summed E-state index contributed by atoms with van der Waals surface area (Å²) < 4.78 is 70.0. The van der Waals surface area contributed by atoms with Gasteiger partial charge in [-0.15, -0.1) is 0 Å². The van der Waals surface area contributed by atoms with Crippen molar-refractivity contribution in [3.8, 4) is 0 Å². The fraction of sp³-hybridized carbons (Fsp3) is 0.480. The van der Waals surface area contributed by atoms with Crippen LogP contribution < -0.4 is 5.73 Å². The number of amides is 1. The normalized spacial score (nSPS) is 24.2. The van der Waals surface area contributed by atoms with E-state index in [1.165, 1.54) is 4.31 Å². The zero-order chi connectivity index (χ0) is 25.2. The number of ether oxygens (including phenoxy) is 2. The highest BCUT2D eigenvalue weighted by Gasteiger charge is 2.42. The molecule has 7 nitrogen and oxygen atoms in total. The van der Waals surface area contributed by atoms with Crippen LogP contribution in [0.15, 0.2) is 42.5 Å². The molecule has 0 bridgehead atoms. The van der Waals surface area contributed by atoms with Crippen LogP contribution in [0.4, 0.5) is 8.78 Å². The van der Waals surface area contributed by atoms with E-state index < -0.39 is 45.0 Å². The first-order valence-electron chi connectivity index (χ1n) is 11.7. The summed E-state index contributed by atoms with van der Waals surface area (Å²) in [6.45, 7) is 1.56. The topological polar surface area (TPSA) is 98.9 Å². The summed E-state index contributed by atoms with van der Waals surface area (Å²) >= 11 is 0. The van der Waals surface area contributed by atoms with Crippen molar-refractivity contribution in [3.05, 3.63) is 70.8 Å². The van der Waals surface area contributed by atoms with Crippen LogP contribution in [0.2, 0.25) is 0 Å². The van der Waals surface area contributed by atoms with Crippen molar-refractivity contribution in [1.29, 1.82) is 0 Å². The number of carbonyl (C=O) groups is 1. The molecule has 2 aliphatic heterocycles. The van der Waals surface area contributed by atoms with E-state index in [9.17, 15) is 13.2 Å². The Kier molecular flexibility index (Phi) is 7.56. The predicted molar refractivity (Wildman–Crippen MR) is 126 cm³/mol. The van der Waals surface area contributed by atoms with Crippen molar-refractivity contribution in [1.82, 2.24) is 4.31 Å². The van der Waals surface area contributed by atoms with Crippen LogP contribution in [-0.4, -0.2) is 44.5 Å². The number of primary amides is 1. The largest absolute Gasteiger partial charge is 0.381 e. The van der Waals surface area contributed by atoms with Crippen molar-refractivity contribution in [2.45, 2.75) is 56.0 Å². The molecule has 0 spiro atoms. The Morgan fingerprint density at radius 3 is 2.49 bits per heavy atom. The number of hydrogen-bond donors (Lipinski definition) is 1. The van der Waals surface area contributed by atoms with Crippen molar-refractivity contribution in [2.75, 3.05) is 19.8 Å². The third-order valence-corrected chi connectivity index (χ3v) is 9.31. The fourth-order valence-corrected chi connectivity index (χ4v) is 7.17. The summed E-state index contributed by atoms with van der Waals surface area (Å²) in [6.07, 6.45) is 1.52. The van der Waals surface area contributed by atoms with Gasteiger partial charge in [-0.25, -0.2) is 17.2 Å². The van der Waals surface area contributed by atoms with Gasteiger partial charge in [0, 0.05) is 49.8 Å². The smallest absolute Gasteiger partial charge is 0.243 e. The molecule has 35 heavy (non-hydrogen) atoms. The fourth-order valence-electron chi connectivity index (χ4n) is 4.98. The molecule has 2 saturated heterocycles. The van der Waals surface area contributed by atoms with Gasteiger partial charge in [-0.1, -0.05) is 30.3 Å². The Labute approximate surface area is 204 Å². The minimum atomic E-state index is -3.80. The van der Waals surface area contributed by atoms with Gasteiger partial charge in [-0.05, 0) is 37.5 Å². The number of benzene rings is 2. The van der Waals surface area contributed by atoms with Crippen LogP contribution >= 0.6 is 0 Å². The van der Waals surface area contributed by atoms with Gasteiger partial charge in [0.2, 0.25) is 15.9 Å². The summed E-state index contributed by atoms with van der Waals surface area (Å²) in [5.41, 5.74) is 4.55. The molecule has 2 heterocycles. The van der Waals surface area contributed by atoms with Crippen molar-refractivity contribution >= 4 is 15.9 Å². The van der Waals surface area contributed by atoms with Crippen LogP contribution in [0.25, 0.3) is 0 Å². The third-order valence-electron chi connectivity index (χ3n) is 6.94. The number of hydrogen-bond acceptors (Lipinski definition) is 5. The van der Waals surface area contributed by atoms with E-state index in [1.54, 1.807) is 31.2 Å². The lowest BCUT2D eigenvalue weighted by atomic mass is 9.85. The maximum absolute atomic E-state index is 15.4. The van der Waals surface area contributed by atoms with Gasteiger partial charge in [0.25, 0.3) is 0 Å². The molecule has 1 amide bonds. The molecule has 2 aromatic carbocycles. The number of halogens is 2. The van der Waals surface area contributed by atoms with E-state index in [1.807, 2.05) is 6.07 Å². The number of nitrogens with two attached hydrogens (primary N) is 1. The van der Waals surface area contributed by atoms with E-state index in [0.717, 1.165) is 12.1 Å². The van der Waals surface area contributed by atoms with Crippen molar-refractivity contribution in [3.63, 3.8) is 0 Å². The summed E-state index contributed by atoms with van der Waals surface area (Å²) in [5.74, 6) is -2.18. The summed E-state index contributed by atoms with van der Waals surface area (Å²) in [7, 11) is -3.80. The molecule has 10 heteroatoms. The Morgan fingerprint density at radius 1 is 1.14 bits per heavy atom. The second-order valence-corrected chi connectivity index (χ2v) is 11.3. The van der Waals surface area contributed by atoms with Gasteiger partial charge in [-0.2, -0.15) is 4.31 Å². The molecular weight excluding hydrogens is 478 g/mol. The molecule has 0 radical (unpaired) electrons. The summed E-state index contributed by atoms with van der Waals surface area (Å²) in [6, 6.07) is 10.6. The molecule has 4 rings (SSSR count). The second-order valence-electron chi connectivity index (χ2n) is 9.20. The van der Waals surface area contributed by atoms with Crippen molar-refractivity contribution < 1.29 is 31.5 Å². The van der Waals surface area contributed by atoms with Gasteiger partial charge in [0.15, 0.2) is 0 Å². The highest BCUT2D eigenvalue weighted by Crippen LogP contribution is 2.40. The summed E-state index contributed by atoms with van der Waals surface area (Å²) in [5, 5.41) is -0.736. The standard InChI is InChI=1S/C25H30F2N2O5S/c1-17-7-8-23(18-5-3-2-4-6-18)35(31,32)29(17)15-19-13-22(27)20(14-21(19)26)25(34-16-24(28)30)9-11-33-12-10-25/h2-6,13-14,17,23H,7-12,15-16H2,1H3,(H2,28,30). The SMILES string of the molecule is CC1CCC(c2ccccc2)S(=O)(=O)N1Cc1cc(F)c(C2(OCC(N)=O)CCOCC2)cc1F. The Balaban J connectivity index is 1.64. The molecule has 2 atom stereocenters. The maximum Gasteiger partial charge on any atom is 0.243 e. The number of sulfonamides is 1. The molecular formula is C25H30F2N2O5S. The molecule has 0 aliphatic carbocycles. The van der Waals surface area contributed by atoms with Gasteiger partial charge in [-0.3, -0.25) is 4.79 Å². The number of nitrogens with zero attached hydrogens (tertiary/aromatic N) is 1. The van der Waals surface area contributed by atoms with Crippen molar-refractivity contribution in [2.24, 2.45) is 5.73 Å². The quantitative estimate of drug-likeness (QED) is 0.617. The van der Waals surface area contributed by atoms with E-state index in [-0.39, 0.29) is 49.8 Å². The molecule has 2 unspecified atom stereocenters. The highest BCUT2D eigenvalue weighted by atomic mass is 32.2. The summed E-state index contributed by atoms with van der Waals surface area (Å²) in [4.78, 5) is 11.3. The maximum atomic E-state index is 15.4. The minimum absolute atomic E-state index is 0.0278. The van der Waals surface area contributed by atoms with E-state index >= 15 is 8.78 Å². The number of carbonyl (C=O) groups excluding carboxylic acids is 1. The van der Waals surface area contributed by atoms with Gasteiger partial charge < -0.3 is 15.2 Å². The molecule has 2 N–H and O–H groups in total. The monoisotopic (exact) mass is 508 g/mol. The van der Waals surface area contributed by atoms with E-state index in [4.69, 9.17) is 15.2 Å². The molecule has 2 aromatic rings. The lowest BCUT2D eigenvalue weighted by Crippen LogP contribution is -2.45. The third kappa shape index (κ3) is 5.25. The second kappa shape index (κ2) is 10.3. The first-order chi connectivity index (χ1) is 16.6. The zero-order valence-corrected chi connectivity index (χ0v) is 20.4. The molecule has 190 valence electrons. The van der Waals surface area contributed by atoms with Crippen LogP contribution in [0.1, 0.15) is 54.5 Å². The molecule has 2 aliphatic rings. The first kappa shape index (κ1) is 25.7. The lowest BCUT2D eigenvalue weighted by Gasteiger charge is -2.38. The van der Waals surface area contributed by atoms with Crippen LogP contribution in [-0.2, 0) is 36.4 Å².